The van der Waals surface area contributed by atoms with Gasteiger partial charge in [0.1, 0.15) is 11.0 Å². The van der Waals surface area contributed by atoms with Gasteiger partial charge in [0.2, 0.25) is 5.95 Å². The van der Waals surface area contributed by atoms with Crippen LogP contribution in [0.4, 0.5) is 11.8 Å². The van der Waals surface area contributed by atoms with Crippen LogP contribution in [0.2, 0.25) is 5.15 Å². The van der Waals surface area contributed by atoms with E-state index in [0.717, 1.165) is 24.3 Å². The molecule has 1 aliphatic heterocycles. The molecule has 1 aliphatic rings. The maximum Gasteiger partial charge on any atom is 0.232 e. The average Bonchev–Trinajstić information content (AvgIpc) is 2.61. The smallest absolute Gasteiger partial charge is 0.232 e. The summed E-state index contributed by atoms with van der Waals surface area (Å²) in [5, 5.41) is 6.98. The molecule has 0 saturated carbocycles. The molecule has 1 atom stereocenters. The van der Waals surface area contributed by atoms with Gasteiger partial charge < -0.3 is 15.5 Å². The van der Waals surface area contributed by atoms with Gasteiger partial charge in [0, 0.05) is 37.6 Å². The third-order valence-corrected chi connectivity index (χ3v) is 4.62. The van der Waals surface area contributed by atoms with Crippen LogP contribution in [0.3, 0.4) is 0 Å². The molecule has 132 valence electrons. The fourth-order valence-corrected chi connectivity index (χ4v) is 3.22. The molecule has 0 bridgehead atoms. The predicted octanol–water partition coefficient (Wildman–Crippen LogP) is 3.39. The minimum atomic E-state index is 0.403. The topological polar surface area (TPSA) is 66.0 Å². The van der Waals surface area contributed by atoms with Crippen molar-refractivity contribution in [3.8, 4) is 0 Å². The lowest BCUT2D eigenvalue weighted by Crippen LogP contribution is -2.38. The second-order valence-corrected chi connectivity index (χ2v) is 6.88. The van der Waals surface area contributed by atoms with Crippen LogP contribution in [0.1, 0.15) is 31.7 Å². The van der Waals surface area contributed by atoms with E-state index in [1.807, 2.05) is 12.1 Å². The van der Waals surface area contributed by atoms with Crippen molar-refractivity contribution in [2.45, 2.75) is 38.8 Å². The number of anilines is 2. The fourth-order valence-electron chi connectivity index (χ4n) is 2.88. The van der Waals surface area contributed by atoms with Crippen LogP contribution in [-0.2, 0) is 6.54 Å². The Morgan fingerprint density at radius 2 is 2.28 bits per heavy atom. The van der Waals surface area contributed by atoms with E-state index in [0.29, 0.717) is 28.8 Å². The quantitative estimate of drug-likeness (QED) is 0.626. The molecule has 1 fully saturated rings. The number of piperidine rings is 1. The molecule has 0 spiro atoms. The number of halogens is 1. The van der Waals surface area contributed by atoms with Crippen LogP contribution < -0.4 is 15.5 Å². The normalized spacial score (nSPS) is 17.2. The number of thiocarbonyl (C=S) groups is 1. The van der Waals surface area contributed by atoms with E-state index >= 15 is 0 Å². The van der Waals surface area contributed by atoms with Gasteiger partial charge in [-0.1, -0.05) is 17.7 Å². The molecule has 25 heavy (non-hydrogen) atoms. The SMILES string of the molecule is C[C@@H]1CCCCN1c1cc(Cl)nc(NC(=S)NCc2cccnc2)n1. The molecule has 2 aromatic rings. The van der Waals surface area contributed by atoms with E-state index < -0.39 is 0 Å². The van der Waals surface area contributed by atoms with Gasteiger partial charge in [0.15, 0.2) is 5.11 Å². The lowest BCUT2D eigenvalue weighted by molar-refractivity contribution is 0.481. The molecular weight excluding hydrogens is 356 g/mol. The molecule has 8 heteroatoms. The van der Waals surface area contributed by atoms with Crippen molar-refractivity contribution < 1.29 is 0 Å². The Hall–Kier alpha value is -1.99. The molecule has 1 saturated heterocycles. The van der Waals surface area contributed by atoms with Crippen molar-refractivity contribution in [3.05, 3.63) is 41.3 Å². The number of rotatable bonds is 4. The van der Waals surface area contributed by atoms with Crippen molar-refractivity contribution in [2.24, 2.45) is 0 Å². The zero-order valence-electron chi connectivity index (χ0n) is 14.1. The number of aromatic nitrogens is 3. The first-order valence-corrected chi connectivity index (χ1v) is 9.15. The van der Waals surface area contributed by atoms with Gasteiger partial charge in [-0.25, -0.2) is 4.98 Å². The standard InChI is InChI=1S/C17H21ClN6S/c1-12-5-2-3-8-24(12)15-9-14(18)21-16(22-15)23-17(25)20-11-13-6-4-7-19-10-13/h4,6-7,9-10,12H,2-3,5,8,11H2,1H3,(H2,20,21,22,23,25)/t12-/m1/s1. The Bertz CT molecular complexity index is 726. The third kappa shape index (κ3) is 4.99. The largest absolute Gasteiger partial charge is 0.358 e. The Morgan fingerprint density at radius 1 is 1.40 bits per heavy atom. The Kier molecular flexibility index (Phi) is 5.99. The van der Waals surface area contributed by atoms with Gasteiger partial charge in [-0.2, -0.15) is 4.98 Å². The summed E-state index contributed by atoms with van der Waals surface area (Å²) in [6.07, 6.45) is 7.11. The number of hydrogen-bond donors (Lipinski definition) is 2. The highest BCUT2D eigenvalue weighted by Gasteiger charge is 2.20. The number of nitrogens with zero attached hydrogens (tertiary/aromatic N) is 4. The van der Waals surface area contributed by atoms with Crippen molar-refractivity contribution in [2.75, 3.05) is 16.8 Å². The number of nitrogens with one attached hydrogen (secondary N) is 2. The molecule has 2 aromatic heterocycles. The lowest BCUT2D eigenvalue weighted by Gasteiger charge is -2.34. The highest BCUT2D eigenvalue weighted by atomic mass is 35.5. The van der Waals surface area contributed by atoms with Crippen LogP contribution in [0.15, 0.2) is 30.6 Å². The molecule has 0 radical (unpaired) electrons. The zero-order chi connectivity index (χ0) is 17.6. The summed E-state index contributed by atoms with van der Waals surface area (Å²) in [5.41, 5.74) is 1.04. The summed E-state index contributed by atoms with van der Waals surface area (Å²) < 4.78 is 0. The second kappa shape index (κ2) is 8.40. The summed E-state index contributed by atoms with van der Waals surface area (Å²) in [6.45, 7) is 3.77. The number of hydrogen-bond acceptors (Lipinski definition) is 5. The van der Waals surface area contributed by atoms with E-state index in [1.165, 1.54) is 12.8 Å². The Balaban J connectivity index is 1.64. The molecule has 3 rings (SSSR count). The Labute approximate surface area is 158 Å². The van der Waals surface area contributed by atoms with Crippen LogP contribution in [-0.4, -0.2) is 32.7 Å². The summed E-state index contributed by atoms with van der Waals surface area (Å²) in [6, 6.07) is 6.12. The fraction of sp³-hybridized carbons (Fsp3) is 0.412. The highest BCUT2D eigenvalue weighted by molar-refractivity contribution is 7.80. The first kappa shape index (κ1) is 17.8. The predicted molar refractivity (Wildman–Crippen MR) is 105 cm³/mol. The van der Waals surface area contributed by atoms with Crippen LogP contribution in [0.5, 0.6) is 0 Å². The first-order valence-electron chi connectivity index (χ1n) is 8.37. The minimum absolute atomic E-state index is 0.403. The van der Waals surface area contributed by atoms with E-state index in [4.69, 9.17) is 23.8 Å². The molecule has 3 heterocycles. The second-order valence-electron chi connectivity index (χ2n) is 6.08. The lowest BCUT2D eigenvalue weighted by atomic mass is 10.0. The van der Waals surface area contributed by atoms with Gasteiger partial charge in [-0.3, -0.25) is 4.98 Å². The molecule has 2 N–H and O–H groups in total. The van der Waals surface area contributed by atoms with Crippen molar-refractivity contribution in [3.63, 3.8) is 0 Å². The average molecular weight is 377 g/mol. The van der Waals surface area contributed by atoms with Crippen molar-refractivity contribution in [1.29, 1.82) is 0 Å². The maximum atomic E-state index is 6.18. The van der Waals surface area contributed by atoms with Crippen molar-refractivity contribution >= 4 is 40.7 Å². The molecular formula is C17H21ClN6S. The molecule has 0 unspecified atom stereocenters. The molecule has 0 aliphatic carbocycles. The van der Waals surface area contributed by atoms with Gasteiger partial charge in [0.25, 0.3) is 0 Å². The zero-order valence-corrected chi connectivity index (χ0v) is 15.6. The van der Waals surface area contributed by atoms with Gasteiger partial charge in [-0.05, 0) is 50.0 Å². The van der Waals surface area contributed by atoms with E-state index in [1.54, 1.807) is 18.5 Å². The van der Waals surface area contributed by atoms with E-state index in [-0.39, 0.29) is 0 Å². The van der Waals surface area contributed by atoms with Crippen molar-refractivity contribution in [1.82, 2.24) is 20.3 Å². The summed E-state index contributed by atoms with van der Waals surface area (Å²) in [4.78, 5) is 15.2. The van der Waals surface area contributed by atoms with E-state index in [9.17, 15) is 0 Å². The van der Waals surface area contributed by atoms with Crippen LogP contribution in [0, 0.1) is 0 Å². The summed E-state index contributed by atoms with van der Waals surface area (Å²) in [7, 11) is 0. The number of pyridine rings is 1. The van der Waals surface area contributed by atoms with Gasteiger partial charge >= 0.3 is 0 Å². The highest BCUT2D eigenvalue weighted by Crippen LogP contribution is 2.25. The maximum absolute atomic E-state index is 6.18. The van der Waals surface area contributed by atoms with E-state index in [2.05, 4.69) is 37.4 Å². The monoisotopic (exact) mass is 376 g/mol. The Morgan fingerprint density at radius 3 is 3.04 bits per heavy atom. The molecule has 0 aromatic carbocycles. The van der Waals surface area contributed by atoms with Crippen LogP contribution >= 0.6 is 23.8 Å². The summed E-state index contributed by atoms with van der Waals surface area (Å²) in [5.74, 6) is 1.24. The van der Waals surface area contributed by atoms with Gasteiger partial charge in [-0.15, -0.1) is 0 Å². The molecule has 6 nitrogen and oxygen atoms in total. The first-order chi connectivity index (χ1) is 12.1. The molecule has 0 amide bonds. The van der Waals surface area contributed by atoms with Gasteiger partial charge in [0.05, 0.1) is 0 Å². The van der Waals surface area contributed by atoms with Crippen LogP contribution in [0.25, 0.3) is 0 Å². The summed E-state index contributed by atoms with van der Waals surface area (Å²) >= 11 is 11.5. The third-order valence-electron chi connectivity index (χ3n) is 4.18. The minimum Gasteiger partial charge on any atom is -0.358 e.